The van der Waals surface area contributed by atoms with E-state index in [-0.39, 0.29) is 0 Å². The summed E-state index contributed by atoms with van der Waals surface area (Å²) in [4.78, 5) is 0. The number of hydrogen-bond acceptors (Lipinski definition) is 1. The fraction of sp³-hybridized carbons (Fsp3) is 0.200. The molecular formula is C15H14O. The van der Waals surface area contributed by atoms with Crippen LogP contribution in [0.5, 0.6) is 0 Å². The van der Waals surface area contributed by atoms with E-state index >= 15 is 0 Å². The van der Waals surface area contributed by atoms with Crippen molar-refractivity contribution in [2.45, 2.75) is 20.8 Å². The summed E-state index contributed by atoms with van der Waals surface area (Å²) in [6.45, 7) is 6.29. The molecule has 1 nitrogen and oxygen atoms in total. The van der Waals surface area contributed by atoms with Gasteiger partial charge in [-0.3, -0.25) is 0 Å². The highest BCUT2D eigenvalue weighted by molar-refractivity contribution is 6.04. The van der Waals surface area contributed by atoms with Gasteiger partial charge in [-0.1, -0.05) is 24.3 Å². The van der Waals surface area contributed by atoms with Crippen molar-refractivity contribution in [2.24, 2.45) is 0 Å². The summed E-state index contributed by atoms with van der Waals surface area (Å²) in [6, 6.07) is 10.6. The molecule has 0 bridgehead atoms. The molecule has 0 aromatic heterocycles. The van der Waals surface area contributed by atoms with Gasteiger partial charge in [0.15, 0.2) is 0 Å². The van der Waals surface area contributed by atoms with E-state index in [1.165, 1.54) is 27.5 Å². The Morgan fingerprint density at radius 2 is 1.62 bits per heavy atom. The van der Waals surface area contributed by atoms with Gasteiger partial charge in [0.05, 0.1) is 0 Å². The SMILES string of the molecule is Cc1cc(C)c2c3ccccc3c(C)c-2o1. The molecule has 3 rings (SSSR count). The highest BCUT2D eigenvalue weighted by atomic mass is 16.3. The molecule has 1 heteroatoms. The summed E-state index contributed by atoms with van der Waals surface area (Å²) in [6.07, 6.45) is 0. The van der Waals surface area contributed by atoms with E-state index in [1.54, 1.807) is 0 Å². The second kappa shape index (κ2) is 3.11. The van der Waals surface area contributed by atoms with Crippen LogP contribution in [0.1, 0.15) is 16.9 Å². The summed E-state index contributed by atoms with van der Waals surface area (Å²) in [5, 5.41) is 2.60. The van der Waals surface area contributed by atoms with Crippen LogP contribution in [0, 0.1) is 20.8 Å². The summed E-state index contributed by atoms with van der Waals surface area (Å²) >= 11 is 0. The number of fused-ring (bicyclic) bond motifs is 3. The van der Waals surface area contributed by atoms with Crippen molar-refractivity contribution in [3.05, 3.63) is 47.2 Å². The van der Waals surface area contributed by atoms with Crippen molar-refractivity contribution in [1.82, 2.24) is 0 Å². The largest absolute Gasteiger partial charge is 0.461 e. The van der Waals surface area contributed by atoms with E-state index in [4.69, 9.17) is 4.42 Å². The van der Waals surface area contributed by atoms with Gasteiger partial charge in [0.25, 0.3) is 0 Å². The first kappa shape index (κ1) is 9.46. The molecule has 0 spiro atoms. The zero-order valence-corrected chi connectivity index (χ0v) is 9.79. The number of hydrogen-bond donors (Lipinski definition) is 0. The highest BCUT2D eigenvalue weighted by Crippen LogP contribution is 2.40. The maximum Gasteiger partial charge on any atom is 0.138 e. The van der Waals surface area contributed by atoms with Crippen LogP contribution in [0.3, 0.4) is 0 Å². The summed E-state index contributed by atoms with van der Waals surface area (Å²) in [5.74, 6) is 2.02. The van der Waals surface area contributed by atoms with Gasteiger partial charge in [0.2, 0.25) is 0 Å². The first-order chi connectivity index (χ1) is 7.68. The molecule has 0 fully saturated rings. The number of benzene rings is 1. The Morgan fingerprint density at radius 3 is 2.38 bits per heavy atom. The van der Waals surface area contributed by atoms with E-state index in [2.05, 4.69) is 44.2 Å². The average molecular weight is 210 g/mol. The van der Waals surface area contributed by atoms with Crippen LogP contribution in [-0.2, 0) is 0 Å². The molecule has 0 amide bonds. The lowest BCUT2D eigenvalue weighted by Crippen LogP contribution is -1.85. The second-order valence-electron chi connectivity index (χ2n) is 4.41. The number of rotatable bonds is 0. The quantitative estimate of drug-likeness (QED) is 0.533. The van der Waals surface area contributed by atoms with Gasteiger partial charge >= 0.3 is 0 Å². The fourth-order valence-electron chi connectivity index (χ4n) is 2.55. The third-order valence-corrected chi connectivity index (χ3v) is 3.25. The van der Waals surface area contributed by atoms with Crippen LogP contribution in [0.4, 0.5) is 0 Å². The van der Waals surface area contributed by atoms with Gasteiger partial charge in [0, 0.05) is 11.1 Å². The molecule has 0 atom stereocenters. The lowest BCUT2D eigenvalue weighted by molar-refractivity contribution is 0.529. The Kier molecular flexibility index (Phi) is 1.84. The lowest BCUT2D eigenvalue weighted by Gasteiger charge is -2.06. The van der Waals surface area contributed by atoms with Crippen molar-refractivity contribution in [1.29, 1.82) is 0 Å². The predicted molar refractivity (Wildman–Crippen MR) is 67.0 cm³/mol. The zero-order valence-electron chi connectivity index (χ0n) is 9.79. The van der Waals surface area contributed by atoms with Gasteiger partial charge in [-0.05, 0) is 43.2 Å². The van der Waals surface area contributed by atoms with Gasteiger partial charge < -0.3 is 4.42 Å². The topological polar surface area (TPSA) is 13.1 Å². The summed E-state index contributed by atoms with van der Waals surface area (Å²) in [5.41, 5.74) is 3.80. The Morgan fingerprint density at radius 1 is 0.938 bits per heavy atom. The molecular weight excluding hydrogens is 196 g/mol. The van der Waals surface area contributed by atoms with E-state index < -0.39 is 0 Å². The molecule has 0 N–H and O–H groups in total. The highest BCUT2D eigenvalue weighted by Gasteiger charge is 2.19. The predicted octanol–water partition coefficient (Wildman–Crippen LogP) is 4.46. The molecule has 0 saturated heterocycles. The van der Waals surface area contributed by atoms with Crippen LogP contribution < -0.4 is 0 Å². The Balaban J connectivity index is 2.60. The van der Waals surface area contributed by atoms with Crippen LogP contribution in [0.15, 0.2) is 34.7 Å². The minimum Gasteiger partial charge on any atom is -0.461 e. The van der Waals surface area contributed by atoms with Crippen molar-refractivity contribution < 1.29 is 4.42 Å². The van der Waals surface area contributed by atoms with Crippen molar-refractivity contribution >= 4 is 10.8 Å². The van der Waals surface area contributed by atoms with Crippen molar-refractivity contribution in [3.8, 4) is 11.3 Å². The van der Waals surface area contributed by atoms with Gasteiger partial charge in [-0.15, -0.1) is 0 Å². The standard InChI is InChI=1S/C15H14O/c1-9-8-10(2)16-15-11(3)12-6-4-5-7-13(12)14(9)15/h4-8H,1-3H3. The molecule has 1 aromatic carbocycles. The molecule has 0 saturated carbocycles. The van der Waals surface area contributed by atoms with Crippen molar-refractivity contribution in [3.63, 3.8) is 0 Å². The van der Waals surface area contributed by atoms with Crippen LogP contribution in [0.2, 0.25) is 0 Å². The summed E-state index contributed by atoms with van der Waals surface area (Å²) in [7, 11) is 0. The van der Waals surface area contributed by atoms with E-state index in [1.807, 2.05) is 6.92 Å². The van der Waals surface area contributed by atoms with Crippen LogP contribution in [-0.4, -0.2) is 0 Å². The number of aryl methyl sites for hydroxylation is 3. The van der Waals surface area contributed by atoms with E-state index in [9.17, 15) is 0 Å². The molecule has 0 unspecified atom stereocenters. The fourth-order valence-corrected chi connectivity index (χ4v) is 2.55. The molecule has 0 radical (unpaired) electrons. The molecule has 1 aliphatic heterocycles. The van der Waals surface area contributed by atoms with E-state index in [0.29, 0.717) is 0 Å². The average Bonchev–Trinajstić information content (AvgIpc) is 2.54. The first-order valence-electron chi connectivity index (χ1n) is 5.56. The van der Waals surface area contributed by atoms with Gasteiger partial charge in [0.1, 0.15) is 11.5 Å². The maximum absolute atomic E-state index is 5.86. The Bertz CT molecular complexity index is 646. The molecule has 1 heterocycles. The van der Waals surface area contributed by atoms with E-state index in [0.717, 1.165) is 11.5 Å². The smallest absolute Gasteiger partial charge is 0.138 e. The zero-order chi connectivity index (χ0) is 11.3. The van der Waals surface area contributed by atoms with Crippen LogP contribution >= 0.6 is 0 Å². The lowest BCUT2D eigenvalue weighted by atomic mass is 10.1. The molecule has 80 valence electrons. The monoisotopic (exact) mass is 210 g/mol. The minimum absolute atomic E-state index is 0.975. The third-order valence-electron chi connectivity index (χ3n) is 3.25. The molecule has 2 aliphatic rings. The van der Waals surface area contributed by atoms with Gasteiger partial charge in [-0.2, -0.15) is 0 Å². The molecule has 1 aliphatic carbocycles. The van der Waals surface area contributed by atoms with Crippen LogP contribution in [0.25, 0.3) is 22.1 Å². The second-order valence-corrected chi connectivity index (χ2v) is 4.41. The minimum atomic E-state index is 0.975. The molecule has 1 aromatic rings. The van der Waals surface area contributed by atoms with Gasteiger partial charge in [-0.25, -0.2) is 0 Å². The first-order valence-corrected chi connectivity index (χ1v) is 5.56. The van der Waals surface area contributed by atoms with Crippen molar-refractivity contribution in [2.75, 3.05) is 0 Å². The normalized spacial score (nSPS) is 11.4. The Hall–Kier alpha value is -1.76. The summed E-state index contributed by atoms with van der Waals surface area (Å²) < 4.78 is 5.86. The molecule has 16 heavy (non-hydrogen) atoms. The maximum atomic E-state index is 5.86. The third kappa shape index (κ3) is 1.12. The Labute approximate surface area is 95.0 Å².